The number of thioether (sulfide) groups is 1. The number of fused-ring (bicyclic) bond motifs is 2. The third kappa shape index (κ3) is 3.19. The summed E-state index contributed by atoms with van der Waals surface area (Å²) in [6, 6.07) is 7.87. The molecule has 2 aromatic heterocycles. The Kier molecular flexibility index (Phi) is 4.61. The van der Waals surface area contributed by atoms with E-state index in [1.807, 2.05) is 31.2 Å². The zero-order valence-electron chi connectivity index (χ0n) is 15.3. The summed E-state index contributed by atoms with van der Waals surface area (Å²) < 4.78 is 6.21. The van der Waals surface area contributed by atoms with E-state index >= 15 is 0 Å². The molecule has 8 heteroatoms. The SMILES string of the molecule is CC1=Nc2ccccc2/C1=C/c1c(N)n2c(SCC(C)C)nsc2nc1=O. The molecule has 0 unspecified atom stereocenters. The molecule has 4 rings (SSSR count). The van der Waals surface area contributed by atoms with E-state index in [0.29, 0.717) is 22.3 Å². The van der Waals surface area contributed by atoms with E-state index in [-0.39, 0.29) is 5.56 Å². The quantitative estimate of drug-likeness (QED) is 0.669. The number of rotatable bonds is 4. The first-order valence-electron chi connectivity index (χ1n) is 8.63. The standard InChI is InChI=1S/C19H19N5OS2/c1-10(2)9-26-19-23-27-18-22-17(25)14(16(20)24(18)19)8-13-11(3)21-15-7-5-4-6-12(13)15/h4-8,10H,9,20H2,1-3H3/b13-8+. The van der Waals surface area contributed by atoms with E-state index in [1.165, 1.54) is 11.5 Å². The number of hydrogen-bond acceptors (Lipinski definition) is 7. The van der Waals surface area contributed by atoms with Gasteiger partial charge in [-0.3, -0.25) is 9.79 Å². The molecule has 0 fully saturated rings. The van der Waals surface area contributed by atoms with Crippen LogP contribution in [0.3, 0.4) is 0 Å². The molecule has 138 valence electrons. The van der Waals surface area contributed by atoms with Gasteiger partial charge in [-0.25, -0.2) is 4.40 Å². The highest BCUT2D eigenvalue weighted by Crippen LogP contribution is 2.36. The van der Waals surface area contributed by atoms with E-state index in [1.54, 1.807) is 22.2 Å². The average Bonchev–Trinajstić information content (AvgIpc) is 3.17. The second-order valence-corrected chi connectivity index (χ2v) is 8.49. The number of nitrogens with two attached hydrogens (primary N) is 1. The van der Waals surface area contributed by atoms with Crippen molar-refractivity contribution in [2.75, 3.05) is 11.5 Å². The van der Waals surface area contributed by atoms with E-state index in [2.05, 4.69) is 28.2 Å². The van der Waals surface area contributed by atoms with Crippen LogP contribution in [-0.2, 0) is 0 Å². The lowest BCUT2D eigenvalue weighted by Gasteiger charge is -2.08. The molecule has 0 bridgehead atoms. The minimum absolute atomic E-state index is 0.346. The van der Waals surface area contributed by atoms with E-state index < -0.39 is 0 Å². The Morgan fingerprint density at radius 2 is 2.11 bits per heavy atom. The van der Waals surface area contributed by atoms with Crippen molar-refractivity contribution in [3.05, 3.63) is 45.7 Å². The van der Waals surface area contributed by atoms with Gasteiger partial charge in [0.15, 0.2) is 5.16 Å². The molecule has 0 aliphatic carbocycles. The maximum atomic E-state index is 12.6. The van der Waals surface area contributed by atoms with Crippen molar-refractivity contribution >= 4 is 57.1 Å². The molecule has 27 heavy (non-hydrogen) atoms. The zero-order chi connectivity index (χ0) is 19.1. The first-order valence-corrected chi connectivity index (χ1v) is 10.4. The lowest BCUT2D eigenvalue weighted by Crippen LogP contribution is -2.17. The fourth-order valence-electron chi connectivity index (χ4n) is 2.93. The predicted octanol–water partition coefficient (Wildman–Crippen LogP) is 4.13. The maximum Gasteiger partial charge on any atom is 0.283 e. The number of allylic oxidation sites excluding steroid dienone is 1. The number of para-hydroxylation sites is 1. The van der Waals surface area contributed by atoms with Crippen molar-refractivity contribution in [2.45, 2.75) is 25.9 Å². The van der Waals surface area contributed by atoms with Crippen molar-refractivity contribution in [3.63, 3.8) is 0 Å². The number of aromatic nitrogens is 3. The zero-order valence-corrected chi connectivity index (χ0v) is 16.9. The molecule has 0 spiro atoms. The lowest BCUT2D eigenvalue weighted by molar-refractivity contribution is 0.747. The molecule has 1 aliphatic heterocycles. The van der Waals surface area contributed by atoms with Crippen LogP contribution in [0.5, 0.6) is 0 Å². The van der Waals surface area contributed by atoms with E-state index in [9.17, 15) is 4.79 Å². The van der Waals surface area contributed by atoms with Crippen molar-refractivity contribution in [3.8, 4) is 0 Å². The topological polar surface area (TPSA) is 85.6 Å². The maximum absolute atomic E-state index is 12.6. The number of anilines is 1. The summed E-state index contributed by atoms with van der Waals surface area (Å²) >= 11 is 2.81. The van der Waals surface area contributed by atoms with Crippen LogP contribution in [0.2, 0.25) is 0 Å². The van der Waals surface area contributed by atoms with Crippen LogP contribution in [0.4, 0.5) is 11.5 Å². The second kappa shape index (κ2) is 6.94. The Balaban J connectivity index is 1.87. The van der Waals surface area contributed by atoms with Crippen LogP contribution < -0.4 is 11.3 Å². The number of benzene rings is 1. The summed E-state index contributed by atoms with van der Waals surface area (Å²) in [5.74, 6) is 1.81. The van der Waals surface area contributed by atoms with Gasteiger partial charge in [-0.05, 0) is 25.0 Å². The molecule has 0 radical (unpaired) electrons. The van der Waals surface area contributed by atoms with Gasteiger partial charge in [0.1, 0.15) is 5.82 Å². The largest absolute Gasteiger partial charge is 0.384 e. The summed E-state index contributed by atoms with van der Waals surface area (Å²) in [4.78, 5) is 21.9. The van der Waals surface area contributed by atoms with E-state index in [4.69, 9.17) is 5.73 Å². The molecule has 0 amide bonds. The highest BCUT2D eigenvalue weighted by Gasteiger charge is 2.20. The molecule has 3 heterocycles. The molecule has 0 saturated heterocycles. The van der Waals surface area contributed by atoms with Crippen molar-refractivity contribution in [1.82, 2.24) is 13.8 Å². The molecule has 6 nitrogen and oxygen atoms in total. The summed E-state index contributed by atoms with van der Waals surface area (Å²) in [6.07, 6.45) is 1.80. The Morgan fingerprint density at radius 1 is 1.33 bits per heavy atom. The normalized spacial score (nSPS) is 15.0. The van der Waals surface area contributed by atoms with Gasteiger partial charge in [0.2, 0.25) is 4.96 Å². The monoisotopic (exact) mass is 397 g/mol. The van der Waals surface area contributed by atoms with Gasteiger partial charge < -0.3 is 5.73 Å². The summed E-state index contributed by atoms with van der Waals surface area (Å²) in [6.45, 7) is 6.24. The first kappa shape index (κ1) is 17.9. The van der Waals surface area contributed by atoms with Gasteiger partial charge in [-0.2, -0.15) is 9.36 Å². The Labute approximate surface area is 165 Å². The summed E-state index contributed by atoms with van der Waals surface area (Å²) in [5, 5.41) is 0.769. The highest BCUT2D eigenvalue weighted by molar-refractivity contribution is 7.99. The Morgan fingerprint density at radius 3 is 2.89 bits per heavy atom. The molecule has 0 saturated carbocycles. The van der Waals surface area contributed by atoms with Crippen LogP contribution in [0.1, 0.15) is 31.9 Å². The molecule has 2 N–H and O–H groups in total. The average molecular weight is 398 g/mol. The third-order valence-corrected chi connectivity index (χ3v) is 6.42. The minimum Gasteiger partial charge on any atom is -0.384 e. The van der Waals surface area contributed by atoms with Crippen LogP contribution in [0.15, 0.2) is 39.2 Å². The fourth-order valence-corrected chi connectivity index (χ4v) is 4.73. The second-order valence-electron chi connectivity index (χ2n) is 6.78. The Bertz CT molecular complexity index is 1160. The predicted molar refractivity (Wildman–Crippen MR) is 114 cm³/mol. The molecule has 0 atom stereocenters. The van der Waals surface area contributed by atoms with Crippen LogP contribution in [0.25, 0.3) is 16.6 Å². The fraction of sp³-hybridized carbons (Fsp3) is 0.263. The molecule has 3 aromatic rings. The van der Waals surface area contributed by atoms with Crippen LogP contribution in [0, 0.1) is 5.92 Å². The number of nitrogen functional groups attached to an aromatic ring is 1. The number of nitrogens with zero attached hydrogens (tertiary/aromatic N) is 4. The smallest absolute Gasteiger partial charge is 0.283 e. The van der Waals surface area contributed by atoms with Gasteiger partial charge in [0.25, 0.3) is 5.56 Å². The molecular weight excluding hydrogens is 378 g/mol. The minimum atomic E-state index is -0.346. The summed E-state index contributed by atoms with van der Waals surface area (Å²) in [5.41, 5.74) is 10.1. The molecule has 1 aromatic carbocycles. The molecular formula is C19H19N5OS2. The summed E-state index contributed by atoms with van der Waals surface area (Å²) in [7, 11) is 0. The van der Waals surface area contributed by atoms with Gasteiger partial charge in [0.05, 0.1) is 11.3 Å². The lowest BCUT2D eigenvalue weighted by atomic mass is 10.0. The Hall–Kier alpha value is -2.45. The van der Waals surface area contributed by atoms with Crippen molar-refractivity contribution in [1.29, 1.82) is 0 Å². The van der Waals surface area contributed by atoms with Gasteiger partial charge in [0, 0.05) is 34.1 Å². The van der Waals surface area contributed by atoms with Gasteiger partial charge >= 0.3 is 0 Å². The van der Waals surface area contributed by atoms with Gasteiger partial charge in [-0.1, -0.05) is 43.8 Å². The number of aliphatic imine (C=N–C) groups is 1. The highest BCUT2D eigenvalue weighted by atomic mass is 32.2. The first-order chi connectivity index (χ1) is 13.0. The third-order valence-electron chi connectivity index (χ3n) is 4.24. The van der Waals surface area contributed by atoms with E-state index in [0.717, 1.165) is 33.4 Å². The van der Waals surface area contributed by atoms with Gasteiger partial charge in [-0.15, -0.1) is 0 Å². The molecule has 1 aliphatic rings. The van der Waals surface area contributed by atoms with Crippen LogP contribution in [-0.4, -0.2) is 25.2 Å². The van der Waals surface area contributed by atoms with Crippen molar-refractivity contribution < 1.29 is 0 Å². The van der Waals surface area contributed by atoms with Crippen LogP contribution >= 0.6 is 23.3 Å². The van der Waals surface area contributed by atoms with Crippen molar-refractivity contribution in [2.24, 2.45) is 10.9 Å². The number of hydrogen-bond donors (Lipinski definition) is 1.